The van der Waals surface area contributed by atoms with Crippen LogP contribution in [-0.4, -0.2) is 13.2 Å². The molecule has 1 heterocycles. The third-order valence-corrected chi connectivity index (χ3v) is 4.85. The second kappa shape index (κ2) is 4.85. The fraction of sp³-hybridized carbons (Fsp3) is 0.462. The van der Waals surface area contributed by atoms with Crippen LogP contribution < -0.4 is 0 Å². The molecule has 0 radical (unpaired) electrons. The first-order valence-electron chi connectivity index (χ1n) is 5.80. The smallest absolute Gasteiger partial charge is 0.307 e. The van der Waals surface area contributed by atoms with Crippen molar-refractivity contribution in [2.45, 2.75) is 19.5 Å². The van der Waals surface area contributed by atoms with E-state index in [1.807, 2.05) is 26.0 Å². The molecule has 96 valence electrons. The molecule has 0 saturated carbocycles. The van der Waals surface area contributed by atoms with Crippen LogP contribution in [0.25, 0.3) is 0 Å². The van der Waals surface area contributed by atoms with E-state index in [1.165, 1.54) is 0 Å². The van der Waals surface area contributed by atoms with Crippen LogP contribution in [0.15, 0.2) is 30.3 Å². The van der Waals surface area contributed by atoms with E-state index in [4.69, 9.17) is 9.05 Å². The lowest BCUT2D eigenvalue weighted by molar-refractivity contribution is 0.0396. The highest BCUT2D eigenvalue weighted by molar-refractivity contribution is 7.54. The Bertz CT molecular complexity index is 493. The minimum absolute atomic E-state index is 0.162. The third-order valence-electron chi connectivity index (χ3n) is 2.82. The van der Waals surface area contributed by atoms with E-state index in [1.54, 1.807) is 24.3 Å². The fourth-order valence-electron chi connectivity index (χ4n) is 1.72. The van der Waals surface area contributed by atoms with Gasteiger partial charge in [0.1, 0.15) is 0 Å². The van der Waals surface area contributed by atoms with Gasteiger partial charge in [-0.2, -0.15) is 5.26 Å². The molecule has 1 fully saturated rings. The van der Waals surface area contributed by atoms with E-state index in [9.17, 15) is 9.83 Å². The Labute approximate surface area is 107 Å². The van der Waals surface area contributed by atoms with Crippen LogP contribution in [0.5, 0.6) is 0 Å². The maximum atomic E-state index is 12.6. The number of nitrogens with zero attached hydrogens (tertiary/aromatic N) is 1. The van der Waals surface area contributed by atoms with Gasteiger partial charge in [0.05, 0.1) is 19.3 Å². The van der Waals surface area contributed by atoms with Crippen LogP contribution in [0, 0.1) is 16.7 Å². The molecular formula is C13H16NO3P. The van der Waals surface area contributed by atoms with Crippen molar-refractivity contribution in [2.24, 2.45) is 5.41 Å². The van der Waals surface area contributed by atoms with Crippen molar-refractivity contribution in [1.29, 1.82) is 5.26 Å². The first-order chi connectivity index (χ1) is 8.47. The quantitative estimate of drug-likeness (QED) is 0.767. The molecule has 1 atom stereocenters. The van der Waals surface area contributed by atoms with E-state index in [2.05, 4.69) is 0 Å². The number of rotatable bonds is 2. The molecule has 1 saturated heterocycles. The van der Waals surface area contributed by atoms with Crippen molar-refractivity contribution < 1.29 is 13.6 Å². The summed E-state index contributed by atoms with van der Waals surface area (Å²) in [6.07, 6.45) is 0. The van der Waals surface area contributed by atoms with Crippen molar-refractivity contribution in [2.75, 3.05) is 13.2 Å². The van der Waals surface area contributed by atoms with Gasteiger partial charge in [-0.05, 0) is 5.56 Å². The van der Waals surface area contributed by atoms with E-state index >= 15 is 0 Å². The molecule has 1 unspecified atom stereocenters. The van der Waals surface area contributed by atoms with Gasteiger partial charge in [0.25, 0.3) is 0 Å². The van der Waals surface area contributed by atoms with Crippen molar-refractivity contribution in [1.82, 2.24) is 0 Å². The second-order valence-corrected chi connectivity index (χ2v) is 7.31. The summed E-state index contributed by atoms with van der Waals surface area (Å²) in [6, 6.07) is 11.0. The molecule has 18 heavy (non-hydrogen) atoms. The Hall–Kier alpha value is -1.14. The zero-order chi connectivity index (χ0) is 13.2. The molecule has 1 aliphatic heterocycles. The first-order valence-corrected chi connectivity index (χ1v) is 7.41. The van der Waals surface area contributed by atoms with E-state index in [-0.39, 0.29) is 5.41 Å². The molecule has 0 N–H and O–H groups in total. The van der Waals surface area contributed by atoms with Crippen molar-refractivity contribution >= 4 is 7.60 Å². The molecule has 0 amide bonds. The number of benzene rings is 1. The van der Waals surface area contributed by atoms with Crippen molar-refractivity contribution in [3.05, 3.63) is 35.9 Å². The molecule has 0 aliphatic carbocycles. The van der Waals surface area contributed by atoms with Crippen LogP contribution in [0.2, 0.25) is 0 Å². The zero-order valence-corrected chi connectivity index (χ0v) is 11.4. The van der Waals surface area contributed by atoms with Gasteiger partial charge >= 0.3 is 7.60 Å². The first kappa shape index (κ1) is 13.3. The average Bonchev–Trinajstić information content (AvgIpc) is 2.36. The largest absolute Gasteiger partial charge is 0.352 e. The summed E-state index contributed by atoms with van der Waals surface area (Å²) in [6.45, 7) is 4.63. The highest BCUT2D eigenvalue weighted by Gasteiger charge is 2.43. The minimum Gasteiger partial charge on any atom is -0.307 e. The van der Waals surface area contributed by atoms with Gasteiger partial charge in [-0.3, -0.25) is 4.57 Å². The summed E-state index contributed by atoms with van der Waals surface area (Å²) in [5, 5.41) is 9.24. The molecule has 1 aromatic rings. The number of nitriles is 1. The van der Waals surface area contributed by atoms with Crippen LogP contribution >= 0.6 is 7.60 Å². The predicted octanol–water partition coefficient (Wildman–Crippen LogP) is 3.52. The molecule has 0 bridgehead atoms. The predicted molar refractivity (Wildman–Crippen MR) is 68.1 cm³/mol. The highest BCUT2D eigenvalue weighted by atomic mass is 31.2. The summed E-state index contributed by atoms with van der Waals surface area (Å²) in [4.78, 5) is 0. The van der Waals surface area contributed by atoms with Gasteiger partial charge in [0.2, 0.25) is 0 Å². The Morgan fingerprint density at radius 3 is 2.33 bits per heavy atom. The summed E-state index contributed by atoms with van der Waals surface area (Å²) >= 11 is 0. The molecule has 4 nitrogen and oxygen atoms in total. The van der Waals surface area contributed by atoms with Gasteiger partial charge in [0, 0.05) is 5.41 Å². The Kier molecular flexibility index (Phi) is 3.59. The molecule has 2 rings (SSSR count). The molecule has 1 aromatic carbocycles. The maximum absolute atomic E-state index is 12.6. The summed E-state index contributed by atoms with van der Waals surface area (Å²) in [5.41, 5.74) is -0.345. The molecule has 1 aliphatic rings. The Morgan fingerprint density at radius 2 is 1.83 bits per heavy atom. The minimum atomic E-state index is -3.39. The number of hydrogen-bond donors (Lipinski definition) is 0. The lowest BCUT2D eigenvalue weighted by Crippen LogP contribution is -2.30. The lowest BCUT2D eigenvalue weighted by atomic mass is 9.97. The summed E-state index contributed by atoms with van der Waals surface area (Å²) in [7, 11) is -3.39. The van der Waals surface area contributed by atoms with Crippen LogP contribution in [-0.2, 0) is 13.6 Å². The molecular weight excluding hydrogens is 249 g/mol. The Balaban J connectivity index is 2.25. The molecule has 0 aromatic heterocycles. The average molecular weight is 265 g/mol. The number of hydrogen-bond acceptors (Lipinski definition) is 4. The normalized spacial score (nSPS) is 22.9. The van der Waals surface area contributed by atoms with Gasteiger partial charge in [0.15, 0.2) is 5.66 Å². The summed E-state index contributed by atoms with van der Waals surface area (Å²) < 4.78 is 23.4. The third kappa shape index (κ3) is 2.64. The van der Waals surface area contributed by atoms with Gasteiger partial charge in [-0.25, -0.2) is 0 Å². The van der Waals surface area contributed by atoms with E-state index < -0.39 is 13.3 Å². The monoisotopic (exact) mass is 265 g/mol. The maximum Gasteiger partial charge on any atom is 0.352 e. The standard InChI is InChI=1S/C13H16NO3P/c1-13(2)9-16-18(15,17-10-13)12(8-14)11-6-4-3-5-7-11/h3-7,12H,9-10H2,1-2H3. The lowest BCUT2D eigenvalue weighted by Gasteiger charge is -2.35. The topological polar surface area (TPSA) is 59.3 Å². The van der Waals surface area contributed by atoms with Crippen LogP contribution in [0.1, 0.15) is 25.1 Å². The van der Waals surface area contributed by atoms with Crippen LogP contribution in [0.3, 0.4) is 0 Å². The fourth-order valence-corrected chi connectivity index (χ4v) is 3.83. The van der Waals surface area contributed by atoms with E-state index in [0.29, 0.717) is 18.8 Å². The van der Waals surface area contributed by atoms with Gasteiger partial charge in [-0.1, -0.05) is 44.2 Å². The zero-order valence-electron chi connectivity index (χ0n) is 10.5. The van der Waals surface area contributed by atoms with Crippen LogP contribution in [0.4, 0.5) is 0 Å². The highest BCUT2D eigenvalue weighted by Crippen LogP contribution is 2.63. The molecule has 0 spiro atoms. The van der Waals surface area contributed by atoms with E-state index in [0.717, 1.165) is 0 Å². The second-order valence-electron chi connectivity index (χ2n) is 5.19. The molecule has 5 heteroatoms. The summed E-state index contributed by atoms with van der Waals surface area (Å²) in [5.74, 6) is 0. The van der Waals surface area contributed by atoms with Crippen molar-refractivity contribution in [3.8, 4) is 6.07 Å². The van der Waals surface area contributed by atoms with Gasteiger partial charge < -0.3 is 9.05 Å². The Morgan fingerprint density at radius 1 is 1.28 bits per heavy atom. The van der Waals surface area contributed by atoms with Gasteiger partial charge in [-0.15, -0.1) is 0 Å². The SMILES string of the molecule is CC1(C)COP(=O)(C(C#N)c2ccccc2)OC1. The van der Waals surface area contributed by atoms with Crippen molar-refractivity contribution in [3.63, 3.8) is 0 Å².